The van der Waals surface area contributed by atoms with Gasteiger partial charge >= 0.3 is 5.97 Å². The van der Waals surface area contributed by atoms with E-state index in [1.54, 1.807) is 6.07 Å². The lowest BCUT2D eigenvalue weighted by Gasteiger charge is -2.02. The number of hydrogen-bond donors (Lipinski definition) is 1. The molecule has 1 rings (SSSR count). The summed E-state index contributed by atoms with van der Waals surface area (Å²) in [7, 11) is 0. The molecule has 3 heteroatoms. The summed E-state index contributed by atoms with van der Waals surface area (Å²) in [6.45, 7) is 6.80. The van der Waals surface area contributed by atoms with E-state index in [0.717, 1.165) is 24.8 Å². The zero-order valence-electron chi connectivity index (χ0n) is 15.9. The van der Waals surface area contributed by atoms with Gasteiger partial charge < -0.3 is 9.84 Å². The van der Waals surface area contributed by atoms with E-state index in [1.165, 1.54) is 38.5 Å². The summed E-state index contributed by atoms with van der Waals surface area (Å²) in [5, 5.41) is 9.34. The highest BCUT2D eigenvalue weighted by Gasteiger charge is 1.97. The number of phenols is 1. The van der Waals surface area contributed by atoms with Crippen LogP contribution in [0.5, 0.6) is 5.75 Å². The molecule has 0 saturated heterocycles. The lowest BCUT2D eigenvalue weighted by molar-refractivity contribution is -0.143. The van der Waals surface area contributed by atoms with E-state index >= 15 is 0 Å². The highest BCUT2D eigenvalue weighted by molar-refractivity contribution is 5.68. The summed E-state index contributed by atoms with van der Waals surface area (Å²) in [6, 6.07) is 7.53. The molecule has 0 saturated carbocycles. The molecular formula is C21H36O3. The van der Waals surface area contributed by atoms with Crippen molar-refractivity contribution in [1.82, 2.24) is 0 Å². The quantitative estimate of drug-likeness (QED) is 0.396. The first-order chi connectivity index (χ1) is 11.7. The fourth-order valence-electron chi connectivity index (χ4n) is 2.26. The number of aromatic hydroxyl groups is 1. The van der Waals surface area contributed by atoms with Crippen LogP contribution in [0.4, 0.5) is 0 Å². The number of aryl methyl sites for hydroxylation is 1. The minimum atomic E-state index is -0.0754. The van der Waals surface area contributed by atoms with Crippen molar-refractivity contribution in [3.63, 3.8) is 0 Å². The maximum absolute atomic E-state index is 10.7. The Kier molecular flexibility index (Phi) is 15.3. The summed E-state index contributed by atoms with van der Waals surface area (Å²) in [4.78, 5) is 10.7. The molecule has 1 N–H and O–H groups in total. The topological polar surface area (TPSA) is 46.5 Å². The van der Waals surface area contributed by atoms with Gasteiger partial charge in [0.25, 0.3) is 0 Å². The first-order valence-electron chi connectivity index (χ1n) is 9.58. The van der Waals surface area contributed by atoms with Gasteiger partial charge in [0.2, 0.25) is 0 Å². The van der Waals surface area contributed by atoms with Gasteiger partial charge in [-0.15, -0.1) is 0 Å². The number of phenolic OH excluding ortho intramolecular Hbond substituents is 1. The van der Waals surface area contributed by atoms with Crippen molar-refractivity contribution in [2.45, 2.75) is 85.0 Å². The molecule has 24 heavy (non-hydrogen) atoms. The normalized spacial score (nSPS) is 9.96. The van der Waals surface area contributed by atoms with Gasteiger partial charge in [-0.1, -0.05) is 77.5 Å². The molecular weight excluding hydrogens is 300 g/mol. The molecule has 0 heterocycles. The van der Waals surface area contributed by atoms with Gasteiger partial charge in [-0.2, -0.15) is 0 Å². The zero-order chi connectivity index (χ0) is 18.0. The van der Waals surface area contributed by atoms with Crippen molar-refractivity contribution in [2.75, 3.05) is 6.61 Å². The van der Waals surface area contributed by atoms with Gasteiger partial charge in [-0.3, -0.25) is 4.79 Å². The third-order valence-electron chi connectivity index (χ3n) is 3.84. The molecule has 0 spiro atoms. The Bertz CT molecular complexity index is 415. The smallest absolute Gasteiger partial charge is 0.305 e. The van der Waals surface area contributed by atoms with Crippen LogP contribution >= 0.6 is 0 Å². The second-order valence-corrected chi connectivity index (χ2v) is 6.07. The van der Waals surface area contributed by atoms with Gasteiger partial charge in [-0.05, 0) is 30.9 Å². The van der Waals surface area contributed by atoms with E-state index in [9.17, 15) is 9.90 Å². The molecule has 0 aliphatic heterocycles. The molecule has 3 nitrogen and oxygen atoms in total. The first kappa shape index (κ1) is 22.5. The number of rotatable bonds is 11. The molecule has 0 aromatic heterocycles. The highest BCUT2D eigenvalue weighted by atomic mass is 16.5. The average molecular weight is 337 g/mol. The number of hydrogen-bond acceptors (Lipinski definition) is 3. The largest absolute Gasteiger partial charge is 0.508 e. The third-order valence-corrected chi connectivity index (χ3v) is 3.84. The van der Waals surface area contributed by atoms with Crippen LogP contribution in [-0.4, -0.2) is 17.7 Å². The van der Waals surface area contributed by atoms with Crippen LogP contribution in [0.3, 0.4) is 0 Å². The summed E-state index contributed by atoms with van der Waals surface area (Å²) in [5.74, 6) is 0.356. The standard InChI is InChI=1S/C11H22O2.C10H14O/c1-3-5-6-7-8-9-10-13-11(12)4-2;1-2-3-6-9-7-4-5-8-10(9)11/h3-10H2,1-2H3;4-5,7-8,11H,2-3,6H2,1H3. The van der Waals surface area contributed by atoms with Crippen LogP contribution in [0.1, 0.15) is 84.1 Å². The van der Waals surface area contributed by atoms with E-state index < -0.39 is 0 Å². The third kappa shape index (κ3) is 13.0. The maximum atomic E-state index is 10.7. The summed E-state index contributed by atoms with van der Waals surface area (Å²) in [6.07, 6.45) is 11.2. The van der Waals surface area contributed by atoms with E-state index in [1.807, 2.05) is 25.1 Å². The van der Waals surface area contributed by atoms with Crippen molar-refractivity contribution < 1.29 is 14.6 Å². The summed E-state index contributed by atoms with van der Waals surface area (Å²) < 4.78 is 4.96. The Morgan fingerprint density at radius 3 is 2.17 bits per heavy atom. The minimum Gasteiger partial charge on any atom is -0.508 e. The van der Waals surface area contributed by atoms with Crippen molar-refractivity contribution in [3.8, 4) is 5.75 Å². The average Bonchev–Trinajstić information content (AvgIpc) is 2.60. The molecule has 0 aliphatic carbocycles. The monoisotopic (exact) mass is 336 g/mol. The van der Waals surface area contributed by atoms with Crippen LogP contribution in [-0.2, 0) is 16.0 Å². The molecule has 0 atom stereocenters. The van der Waals surface area contributed by atoms with E-state index in [2.05, 4.69) is 13.8 Å². The Hall–Kier alpha value is -1.51. The number of esters is 1. The lowest BCUT2D eigenvalue weighted by Crippen LogP contribution is -2.03. The van der Waals surface area contributed by atoms with Gasteiger partial charge in [0.15, 0.2) is 0 Å². The predicted molar refractivity (Wildman–Crippen MR) is 101 cm³/mol. The molecule has 138 valence electrons. The fourth-order valence-corrected chi connectivity index (χ4v) is 2.26. The Morgan fingerprint density at radius 1 is 0.917 bits per heavy atom. The highest BCUT2D eigenvalue weighted by Crippen LogP contribution is 2.17. The molecule has 1 aromatic carbocycles. The number of para-hydroxylation sites is 1. The van der Waals surface area contributed by atoms with E-state index in [4.69, 9.17) is 4.74 Å². The van der Waals surface area contributed by atoms with E-state index in [0.29, 0.717) is 18.8 Å². The fraction of sp³-hybridized carbons (Fsp3) is 0.667. The second kappa shape index (κ2) is 16.4. The summed E-state index contributed by atoms with van der Waals surface area (Å²) in [5.41, 5.74) is 1.06. The minimum absolute atomic E-state index is 0.0754. The Labute approximate surface area is 148 Å². The van der Waals surface area contributed by atoms with Gasteiger partial charge in [0.05, 0.1) is 6.61 Å². The van der Waals surface area contributed by atoms with Crippen molar-refractivity contribution in [2.24, 2.45) is 0 Å². The molecule has 1 aromatic rings. The maximum Gasteiger partial charge on any atom is 0.305 e. The number of ether oxygens (including phenoxy) is 1. The van der Waals surface area contributed by atoms with E-state index in [-0.39, 0.29) is 5.97 Å². The van der Waals surface area contributed by atoms with Gasteiger partial charge in [0.1, 0.15) is 5.75 Å². The van der Waals surface area contributed by atoms with Crippen molar-refractivity contribution >= 4 is 5.97 Å². The first-order valence-corrected chi connectivity index (χ1v) is 9.58. The van der Waals surface area contributed by atoms with Gasteiger partial charge in [-0.25, -0.2) is 0 Å². The predicted octanol–water partition coefficient (Wildman–Crippen LogP) is 6.03. The number of unbranched alkanes of at least 4 members (excludes halogenated alkanes) is 6. The van der Waals surface area contributed by atoms with Crippen molar-refractivity contribution in [3.05, 3.63) is 29.8 Å². The second-order valence-electron chi connectivity index (χ2n) is 6.07. The van der Waals surface area contributed by atoms with Crippen LogP contribution in [0.25, 0.3) is 0 Å². The van der Waals surface area contributed by atoms with Gasteiger partial charge in [0, 0.05) is 6.42 Å². The molecule has 0 radical (unpaired) electrons. The Balaban J connectivity index is 0.000000446. The zero-order valence-corrected chi connectivity index (χ0v) is 15.9. The molecule has 0 aliphatic rings. The number of benzene rings is 1. The van der Waals surface area contributed by atoms with Crippen molar-refractivity contribution in [1.29, 1.82) is 0 Å². The SMILES string of the molecule is CCCCCCCCOC(=O)CC.CCCCc1ccccc1O. The van der Waals surface area contributed by atoms with Crippen LogP contribution in [0.2, 0.25) is 0 Å². The number of carbonyl (C=O) groups excluding carboxylic acids is 1. The molecule has 0 fully saturated rings. The van der Waals surface area contributed by atoms with Crippen LogP contribution in [0.15, 0.2) is 24.3 Å². The molecule has 0 bridgehead atoms. The van der Waals surface area contributed by atoms with Crippen LogP contribution in [0, 0.1) is 0 Å². The lowest BCUT2D eigenvalue weighted by atomic mass is 10.1. The number of carbonyl (C=O) groups is 1. The van der Waals surface area contributed by atoms with Crippen LogP contribution < -0.4 is 0 Å². The Morgan fingerprint density at radius 2 is 1.54 bits per heavy atom. The molecule has 0 amide bonds. The summed E-state index contributed by atoms with van der Waals surface area (Å²) >= 11 is 0. The molecule has 0 unspecified atom stereocenters.